The molecule has 0 spiro atoms. The maximum atomic E-state index is 12.3. The smallest absolute Gasteiger partial charge is 0.225 e. The summed E-state index contributed by atoms with van der Waals surface area (Å²) in [5, 5.41) is 3.09. The molecule has 1 rings (SSSR count). The third kappa shape index (κ3) is 4.74. The second-order valence-electron chi connectivity index (χ2n) is 7.02. The third-order valence-corrected chi connectivity index (χ3v) is 4.57. The zero-order chi connectivity index (χ0) is 15.3. The number of nitrogens with zero attached hydrogens (tertiary/aromatic N) is 1. The lowest BCUT2D eigenvalue weighted by Crippen LogP contribution is -2.53. The van der Waals surface area contributed by atoms with Crippen molar-refractivity contribution in [2.45, 2.75) is 77.9 Å². The number of carbonyl (C=O) groups excluding carboxylic acids is 1. The molecule has 1 saturated carbocycles. The molecule has 1 fully saturated rings. The average Bonchev–Trinajstić information content (AvgIpc) is 2.32. The van der Waals surface area contributed by atoms with Crippen molar-refractivity contribution < 1.29 is 4.79 Å². The van der Waals surface area contributed by atoms with Crippen LogP contribution in [0, 0.1) is 5.92 Å². The van der Waals surface area contributed by atoms with Crippen LogP contribution in [-0.2, 0) is 4.79 Å². The lowest BCUT2D eigenvalue weighted by atomic mass is 9.74. The Balaban J connectivity index is 2.43. The standard InChI is InChI=1S/C16H33N3O/c1-12(2)19(13(3)4)11-10-18-15(20)14-8-6-7-9-16(14,5)17/h12-14H,6-11,17H2,1-5H3,(H,18,20). The van der Waals surface area contributed by atoms with Crippen LogP contribution in [0.15, 0.2) is 0 Å². The molecule has 1 aliphatic carbocycles. The van der Waals surface area contributed by atoms with Gasteiger partial charge in [-0.05, 0) is 47.5 Å². The summed E-state index contributed by atoms with van der Waals surface area (Å²) in [7, 11) is 0. The van der Waals surface area contributed by atoms with E-state index in [1.165, 1.54) is 0 Å². The highest BCUT2D eigenvalue weighted by atomic mass is 16.1. The van der Waals surface area contributed by atoms with Gasteiger partial charge in [-0.2, -0.15) is 0 Å². The van der Waals surface area contributed by atoms with Crippen molar-refractivity contribution in [3.8, 4) is 0 Å². The molecule has 0 radical (unpaired) electrons. The first-order valence-electron chi connectivity index (χ1n) is 8.08. The van der Waals surface area contributed by atoms with Gasteiger partial charge in [0, 0.05) is 30.7 Å². The van der Waals surface area contributed by atoms with Crippen molar-refractivity contribution >= 4 is 5.91 Å². The second kappa shape index (κ2) is 7.41. The highest BCUT2D eigenvalue weighted by Crippen LogP contribution is 2.31. The van der Waals surface area contributed by atoms with Crippen LogP contribution in [-0.4, -0.2) is 41.5 Å². The Hall–Kier alpha value is -0.610. The monoisotopic (exact) mass is 283 g/mol. The van der Waals surface area contributed by atoms with Crippen LogP contribution in [0.3, 0.4) is 0 Å². The molecule has 0 saturated heterocycles. The van der Waals surface area contributed by atoms with Crippen LogP contribution in [0.25, 0.3) is 0 Å². The highest BCUT2D eigenvalue weighted by molar-refractivity contribution is 5.80. The Morgan fingerprint density at radius 2 is 1.90 bits per heavy atom. The predicted octanol–water partition coefficient (Wildman–Crippen LogP) is 2.13. The summed E-state index contributed by atoms with van der Waals surface area (Å²) >= 11 is 0. The number of carbonyl (C=O) groups is 1. The number of amides is 1. The summed E-state index contributed by atoms with van der Waals surface area (Å²) in [5.41, 5.74) is 5.94. The van der Waals surface area contributed by atoms with Gasteiger partial charge in [0.2, 0.25) is 5.91 Å². The van der Waals surface area contributed by atoms with Gasteiger partial charge in [-0.1, -0.05) is 12.8 Å². The molecule has 0 aromatic heterocycles. The highest BCUT2D eigenvalue weighted by Gasteiger charge is 2.37. The van der Waals surface area contributed by atoms with E-state index in [2.05, 4.69) is 37.9 Å². The normalized spacial score (nSPS) is 27.4. The molecule has 4 nitrogen and oxygen atoms in total. The fourth-order valence-electron chi connectivity index (χ4n) is 3.33. The second-order valence-corrected chi connectivity index (χ2v) is 7.02. The Morgan fingerprint density at radius 1 is 1.30 bits per heavy atom. The minimum atomic E-state index is -0.335. The first-order valence-corrected chi connectivity index (χ1v) is 8.08. The Morgan fingerprint density at radius 3 is 2.40 bits per heavy atom. The largest absolute Gasteiger partial charge is 0.355 e. The van der Waals surface area contributed by atoms with E-state index in [1.54, 1.807) is 0 Å². The van der Waals surface area contributed by atoms with E-state index in [0.717, 1.165) is 32.2 Å². The van der Waals surface area contributed by atoms with Crippen LogP contribution >= 0.6 is 0 Å². The number of hydrogen-bond donors (Lipinski definition) is 2. The molecule has 1 aliphatic rings. The van der Waals surface area contributed by atoms with Crippen LogP contribution < -0.4 is 11.1 Å². The van der Waals surface area contributed by atoms with Gasteiger partial charge in [0.25, 0.3) is 0 Å². The minimum absolute atomic E-state index is 0.0252. The van der Waals surface area contributed by atoms with Crippen molar-refractivity contribution in [3.63, 3.8) is 0 Å². The molecule has 0 heterocycles. The van der Waals surface area contributed by atoms with E-state index in [0.29, 0.717) is 18.6 Å². The molecule has 0 aromatic rings. The van der Waals surface area contributed by atoms with Crippen LogP contribution in [0.1, 0.15) is 60.3 Å². The van der Waals surface area contributed by atoms with Crippen molar-refractivity contribution in [2.75, 3.05) is 13.1 Å². The maximum Gasteiger partial charge on any atom is 0.225 e. The number of nitrogens with one attached hydrogen (secondary N) is 1. The zero-order valence-corrected chi connectivity index (χ0v) is 13.9. The van der Waals surface area contributed by atoms with Crippen molar-refractivity contribution in [2.24, 2.45) is 11.7 Å². The zero-order valence-electron chi connectivity index (χ0n) is 13.9. The van der Waals surface area contributed by atoms with E-state index in [4.69, 9.17) is 5.73 Å². The fourth-order valence-corrected chi connectivity index (χ4v) is 3.33. The maximum absolute atomic E-state index is 12.3. The van der Waals surface area contributed by atoms with Gasteiger partial charge in [0.05, 0.1) is 5.92 Å². The van der Waals surface area contributed by atoms with Gasteiger partial charge < -0.3 is 11.1 Å². The Labute approximate surface area is 124 Å². The number of rotatable bonds is 6. The minimum Gasteiger partial charge on any atom is -0.355 e. The topological polar surface area (TPSA) is 58.4 Å². The van der Waals surface area contributed by atoms with Gasteiger partial charge in [-0.3, -0.25) is 9.69 Å². The molecule has 2 atom stereocenters. The van der Waals surface area contributed by atoms with E-state index in [9.17, 15) is 4.79 Å². The quantitative estimate of drug-likeness (QED) is 0.785. The fraction of sp³-hybridized carbons (Fsp3) is 0.938. The summed E-state index contributed by atoms with van der Waals surface area (Å²) in [6.45, 7) is 12.4. The molecular formula is C16H33N3O. The van der Waals surface area contributed by atoms with E-state index < -0.39 is 0 Å². The summed E-state index contributed by atoms with van der Waals surface area (Å²) in [5.74, 6) is 0.116. The molecule has 2 unspecified atom stereocenters. The Kier molecular flexibility index (Phi) is 6.46. The van der Waals surface area contributed by atoms with Gasteiger partial charge in [-0.25, -0.2) is 0 Å². The lowest BCUT2D eigenvalue weighted by Gasteiger charge is -2.37. The molecule has 118 valence electrons. The molecule has 0 aliphatic heterocycles. The van der Waals surface area contributed by atoms with E-state index in [1.807, 2.05) is 6.92 Å². The first-order chi connectivity index (χ1) is 9.25. The van der Waals surface area contributed by atoms with Gasteiger partial charge in [-0.15, -0.1) is 0 Å². The van der Waals surface area contributed by atoms with E-state index >= 15 is 0 Å². The molecule has 3 N–H and O–H groups in total. The first kappa shape index (κ1) is 17.4. The summed E-state index contributed by atoms with van der Waals surface area (Å²) in [6, 6.07) is 1.00. The van der Waals surface area contributed by atoms with Gasteiger partial charge in [0.1, 0.15) is 0 Å². The molecule has 20 heavy (non-hydrogen) atoms. The molecule has 1 amide bonds. The molecule has 4 heteroatoms. The van der Waals surface area contributed by atoms with Crippen LogP contribution in [0.4, 0.5) is 0 Å². The van der Waals surface area contributed by atoms with Crippen LogP contribution in [0.5, 0.6) is 0 Å². The SMILES string of the molecule is CC(C)N(CCNC(=O)C1CCCCC1(C)N)C(C)C. The van der Waals surface area contributed by atoms with Crippen molar-refractivity contribution in [3.05, 3.63) is 0 Å². The van der Waals surface area contributed by atoms with E-state index in [-0.39, 0.29) is 17.4 Å². The van der Waals surface area contributed by atoms with Crippen LogP contribution in [0.2, 0.25) is 0 Å². The summed E-state index contributed by atoms with van der Waals surface area (Å²) in [4.78, 5) is 14.7. The number of hydrogen-bond acceptors (Lipinski definition) is 3. The number of nitrogens with two attached hydrogens (primary N) is 1. The average molecular weight is 283 g/mol. The summed E-state index contributed by atoms with van der Waals surface area (Å²) in [6.07, 6.45) is 4.15. The van der Waals surface area contributed by atoms with Gasteiger partial charge >= 0.3 is 0 Å². The third-order valence-electron chi connectivity index (χ3n) is 4.57. The predicted molar refractivity (Wildman–Crippen MR) is 84.5 cm³/mol. The molecule has 0 bridgehead atoms. The molecular weight excluding hydrogens is 250 g/mol. The van der Waals surface area contributed by atoms with Crippen molar-refractivity contribution in [1.82, 2.24) is 10.2 Å². The summed E-state index contributed by atoms with van der Waals surface area (Å²) < 4.78 is 0. The van der Waals surface area contributed by atoms with Crippen molar-refractivity contribution in [1.29, 1.82) is 0 Å². The molecule has 0 aromatic carbocycles. The van der Waals surface area contributed by atoms with Gasteiger partial charge in [0.15, 0.2) is 0 Å². The Bertz CT molecular complexity index is 305. The lowest BCUT2D eigenvalue weighted by molar-refractivity contribution is -0.128.